The van der Waals surface area contributed by atoms with Crippen LogP contribution in [0.15, 0.2) is 54.6 Å². The molecule has 0 spiro atoms. The van der Waals surface area contributed by atoms with E-state index in [1.54, 1.807) is 31.4 Å². The SMILES string of the molecule is COc1ccc2[nH]c(C)c(CCNC(=O)c3cc4nc(-c5ccc(Cl)cc5)cc(C(F)(F)F)n4n3)c2c1. The summed E-state index contributed by atoms with van der Waals surface area (Å²) in [6.45, 7) is 2.20. The van der Waals surface area contributed by atoms with Crippen LogP contribution in [0.4, 0.5) is 13.2 Å². The second kappa shape index (κ2) is 9.44. The first-order valence-electron chi connectivity index (χ1n) is 11.3. The Morgan fingerprint density at radius 3 is 2.59 bits per heavy atom. The number of carbonyl (C=O) groups is 1. The molecule has 0 unspecified atom stereocenters. The Labute approximate surface area is 214 Å². The molecule has 5 rings (SSSR count). The summed E-state index contributed by atoms with van der Waals surface area (Å²) < 4.78 is 47.5. The Hall–Kier alpha value is -4.05. The van der Waals surface area contributed by atoms with Crippen molar-refractivity contribution in [2.24, 2.45) is 0 Å². The topological polar surface area (TPSA) is 84.3 Å². The third kappa shape index (κ3) is 4.84. The first-order valence-corrected chi connectivity index (χ1v) is 11.7. The van der Waals surface area contributed by atoms with Crippen LogP contribution >= 0.6 is 11.6 Å². The predicted molar refractivity (Wildman–Crippen MR) is 134 cm³/mol. The van der Waals surface area contributed by atoms with E-state index in [2.05, 4.69) is 20.4 Å². The van der Waals surface area contributed by atoms with E-state index in [0.29, 0.717) is 27.3 Å². The van der Waals surface area contributed by atoms with Crippen molar-refractivity contribution in [3.63, 3.8) is 0 Å². The molecule has 3 heterocycles. The molecule has 0 bridgehead atoms. The van der Waals surface area contributed by atoms with Gasteiger partial charge >= 0.3 is 6.18 Å². The molecular weight excluding hydrogens is 507 g/mol. The summed E-state index contributed by atoms with van der Waals surface area (Å²) in [6, 6.07) is 14.1. The molecule has 0 aliphatic rings. The minimum absolute atomic E-state index is 0.0913. The summed E-state index contributed by atoms with van der Waals surface area (Å²) in [4.78, 5) is 20.4. The van der Waals surface area contributed by atoms with Gasteiger partial charge in [0.1, 0.15) is 5.75 Å². The standard InChI is InChI=1S/C26H21ClF3N5O2/c1-14-18(19-11-17(37-2)7-8-20(19)32-14)9-10-31-25(36)22-13-24-33-21(15-3-5-16(27)6-4-15)12-23(26(28,29)30)35(24)34-22/h3-8,11-13,32H,9-10H2,1-2H3,(H,31,36). The molecule has 2 N–H and O–H groups in total. The number of nitrogens with zero attached hydrogens (tertiary/aromatic N) is 3. The summed E-state index contributed by atoms with van der Waals surface area (Å²) >= 11 is 5.89. The van der Waals surface area contributed by atoms with Crippen molar-refractivity contribution < 1.29 is 22.7 Å². The van der Waals surface area contributed by atoms with E-state index in [9.17, 15) is 18.0 Å². The molecule has 0 aliphatic heterocycles. The van der Waals surface area contributed by atoms with Crippen molar-refractivity contribution in [2.75, 3.05) is 13.7 Å². The van der Waals surface area contributed by atoms with Gasteiger partial charge in [-0.25, -0.2) is 9.50 Å². The van der Waals surface area contributed by atoms with Gasteiger partial charge in [-0.2, -0.15) is 18.3 Å². The number of H-pyrrole nitrogens is 1. The second-order valence-corrected chi connectivity index (χ2v) is 8.91. The lowest BCUT2D eigenvalue weighted by molar-refractivity contribution is -0.142. The highest BCUT2D eigenvalue weighted by Gasteiger charge is 2.35. The maximum atomic E-state index is 13.8. The van der Waals surface area contributed by atoms with Crippen LogP contribution in [0.2, 0.25) is 5.02 Å². The van der Waals surface area contributed by atoms with Gasteiger partial charge in [-0.15, -0.1) is 0 Å². The van der Waals surface area contributed by atoms with E-state index in [-0.39, 0.29) is 23.6 Å². The fourth-order valence-electron chi connectivity index (χ4n) is 4.26. The number of hydrogen-bond acceptors (Lipinski definition) is 4. The van der Waals surface area contributed by atoms with Gasteiger partial charge in [0.05, 0.1) is 12.8 Å². The molecule has 0 radical (unpaired) electrons. The quantitative estimate of drug-likeness (QED) is 0.290. The van der Waals surface area contributed by atoms with Gasteiger partial charge in [-0.05, 0) is 55.3 Å². The van der Waals surface area contributed by atoms with Crippen molar-refractivity contribution in [2.45, 2.75) is 19.5 Å². The summed E-state index contributed by atoms with van der Waals surface area (Å²) in [5.74, 6) is 0.120. The molecule has 190 valence electrons. The summed E-state index contributed by atoms with van der Waals surface area (Å²) in [5, 5.41) is 8.09. The van der Waals surface area contributed by atoms with E-state index in [1.807, 2.05) is 25.1 Å². The lowest BCUT2D eigenvalue weighted by Gasteiger charge is -2.11. The highest BCUT2D eigenvalue weighted by Crippen LogP contribution is 2.33. The van der Waals surface area contributed by atoms with Gasteiger partial charge in [-0.3, -0.25) is 4.79 Å². The summed E-state index contributed by atoms with van der Waals surface area (Å²) in [6.07, 6.45) is -4.21. The van der Waals surface area contributed by atoms with Gasteiger partial charge < -0.3 is 15.0 Å². The van der Waals surface area contributed by atoms with Gasteiger partial charge in [0, 0.05) is 39.8 Å². The molecule has 0 aliphatic carbocycles. The molecule has 0 saturated heterocycles. The lowest BCUT2D eigenvalue weighted by Crippen LogP contribution is -2.26. The average Bonchev–Trinajstić information content (AvgIpc) is 3.43. The Bertz CT molecular complexity index is 1620. The molecule has 0 fully saturated rings. The normalized spacial score (nSPS) is 11.8. The van der Waals surface area contributed by atoms with Crippen LogP contribution in [0, 0.1) is 6.92 Å². The Morgan fingerprint density at radius 1 is 1.14 bits per heavy atom. The zero-order valence-corrected chi connectivity index (χ0v) is 20.5. The molecule has 0 atom stereocenters. The molecular formula is C26H21ClF3N5O2. The third-order valence-electron chi connectivity index (χ3n) is 6.08. The number of ether oxygens (including phenoxy) is 1. The monoisotopic (exact) mass is 527 g/mol. The van der Waals surface area contributed by atoms with Crippen LogP contribution in [0.5, 0.6) is 5.75 Å². The molecule has 7 nitrogen and oxygen atoms in total. The number of aromatic nitrogens is 4. The highest BCUT2D eigenvalue weighted by molar-refractivity contribution is 6.30. The Balaban J connectivity index is 1.40. The zero-order valence-electron chi connectivity index (χ0n) is 19.8. The largest absolute Gasteiger partial charge is 0.497 e. The Kier molecular flexibility index (Phi) is 6.28. The molecule has 11 heteroatoms. The van der Waals surface area contributed by atoms with Crippen LogP contribution in [-0.2, 0) is 12.6 Å². The molecule has 37 heavy (non-hydrogen) atoms. The van der Waals surface area contributed by atoms with Crippen molar-refractivity contribution in [1.29, 1.82) is 0 Å². The lowest BCUT2D eigenvalue weighted by atomic mass is 10.1. The number of aryl methyl sites for hydroxylation is 1. The van der Waals surface area contributed by atoms with E-state index in [0.717, 1.165) is 28.2 Å². The van der Waals surface area contributed by atoms with E-state index >= 15 is 0 Å². The van der Waals surface area contributed by atoms with E-state index < -0.39 is 17.8 Å². The van der Waals surface area contributed by atoms with E-state index in [4.69, 9.17) is 16.3 Å². The number of carbonyl (C=O) groups excluding carboxylic acids is 1. The number of benzene rings is 2. The van der Waals surface area contributed by atoms with Crippen LogP contribution in [0.25, 0.3) is 27.8 Å². The number of fused-ring (bicyclic) bond motifs is 2. The van der Waals surface area contributed by atoms with Crippen molar-refractivity contribution in [1.82, 2.24) is 24.9 Å². The maximum Gasteiger partial charge on any atom is 0.433 e. The van der Waals surface area contributed by atoms with E-state index in [1.165, 1.54) is 6.07 Å². The van der Waals surface area contributed by atoms with Gasteiger partial charge in [0.15, 0.2) is 17.0 Å². The van der Waals surface area contributed by atoms with Crippen molar-refractivity contribution in [3.05, 3.63) is 82.3 Å². The number of alkyl halides is 3. The minimum Gasteiger partial charge on any atom is -0.497 e. The number of halogens is 4. The average molecular weight is 528 g/mol. The molecule has 1 amide bonds. The smallest absolute Gasteiger partial charge is 0.433 e. The molecule has 3 aromatic heterocycles. The van der Waals surface area contributed by atoms with Crippen LogP contribution in [0.3, 0.4) is 0 Å². The number of methoxy groups -OCH3 is 1. The first kappa shape index (κ1) is 24.6. The van der Waals surface area contributed by atoms with Gasteiger partial charge in [-0.1, -0.05) is 23.7 Å². The zero-order chi connectivity index (χ0) is 26.3. The molecule has 0 saturated carbocycles. The number of nitrogens with one attached hydrogen (secondary N) is 2. The van der Waals surface area contributed by atoms with Crippen LogP contribution in [-0.4, -0.2) is 39.1 Å². The predicted octanol–water partition coefficient (Wildman–Crippen LogP) is 5.84. The number of rotatable bonds is 6. The first-order chi connectivity index (χ1) is 17.6. The second-order valence-electron chi connectivity index (χ2n) is 8.48. The number of aromatic amines is 1. The number of hydrogen-bond donors (Lipinski definition) is 2. The van der Waals surface area contributed by atoms with Crippen LogP contribution < -0.4 is 10.1 Å². The maximum absolute atomic E-state index is 13.8. The highest BCUT2D eigenvalue weighted by atomic mass is 35.5. The third-order valence-corrected chi connectivity index (χ3v) is 6.33. The molecule has 5 aromatic rings. The van der Waals surface area contributed by atoms with Gasteiger partial charge in [0.25, 0.3) is 5.91 Å². The van der Waals surface area contributed by atoms with Crippen LogP contribution in [0.1, 0.15) is 27.4 Å². The fourth-order valence-corrected chi connectivity index (χ4v) is 4.38. The molecule has 2 aromatic carbocycles. The summed E-state index contributed by atoms with van der Waals surface area (Å²) in [7, 11) is 1.59. The van der Waals surface area contributed by atoms with Gasteiger partial charge in [0.2, 0.25) is 0 Å². The number of amides is 1. The fraction of sp³-hybridized carbons (Fsp3) is 0.192. The summed E-state index contributed by atoms with van der Waals surface area (Å²) in [5.41, 5.74) is 2.17. The van der Waals surface area contributed by atoms with Crippen molar-refractivity contribution in [3.8, 4) is 17.0 Å². The van der Waals surface area contributed by atoms with Crippen molar-refractivity contribution >= 4 is 34.1 Å². The minimum atomic E-state index is -4.71. The Morgan fingerprint density at radius 2 is 1.89 bits per heavy atom.